The average Bonchev–Trinajstić information content (AvgIpc) is 3.35. The highest BCUT2D eigenvalue weighted by Gasteiger charge is 2.20. The highest BCUT2D eigenvalue weighted by atomic mass is 16.5. The summed E-state index contributed by atoms with van der Waals surface area (Å²) in [5.74, 6) is 2.46. The monoisotopic (exact) mass is 308 g/mol. The zero-order valence-corrected chi connectivity index (χ0v) is 13.4. The van der Waals surface area contributed by atoms with E-state index in [1.807, 2.05) is 12.1 Å². The molecule has 1 fully saturated rings. The van der Waals surface area contributed by atoms with Crippen LogP contribution in [-0.2, 0) is 11.3 Å². The van der Waals surface area contributed by atoms with Crippen molar-refractivity contribution in [3.63, 3.8) is 0 Å². The Hall–Kier alpha value is -1.95. The molecule has 1 aliphatic carbocycles. The predicted molar refractivity (Wildman–Crippen MR) is 83.5 cm³/mol. The van der Waals surface area contributed by atoms with Gasteiger partial charge in [-0.2, -0.15) is 0 Å². The number of carbonyl (C=O) groups is 1. The van der Waals surface area contributed by atoms with E-state index >= 15 is 0 Å². The highest BCUT2D eigenvalue weighted by molar-refractivity contribution is 5.78. The molecule has 0 radical (unpaired) electrons. The molecule has 1 saturated carbocycles. The van der Waals surface area contributed by atoms with E-state index in [0.29, 0.717) is 30.3 Å². The smallest absolute Gasteiger partial charge is 0.234 e. The van der Waals surface area contributed by atoms with Gasteiger partial charge in [-0.25, -0.2) is 0 Å². The van der Waals surface area contributed by atoms with Gasteiger partial charge < -0.3 is 24.8 Å². The molecule has 0 atom stereocenters. The molecule has 0 spiro atoms. The van der Waals surface area contributed by atoms with Gasteiger partial charge in [-0.15, -0.1) is 0 Å². The Morgan fingerprint density at radius 1 is 1.14 bits per heavy atom. The molecule has 0 unspecified atom stereocenters. The number of rotatable bonds is 9. The number of ether oxygens (including phenoxy) is 3. The molecule has 2 N–H and O–H groups in total. The minimum absolute atomic E-state index is 0.0191. The molecule has 1 aromatic rings. The first-order chi connectivity index (χ1) is 10.7. The van der Waals surface area contributed by atoms with Crippen LogP contribution in [0.4, 0.5) is 0 Å². The number of nitrogens with one attached hydrogen (secondary N) is 2. The Morgan fingerprint density at radius 3 is 2.27 bits per heavy atom. The highest BCUT2D eigenvalue weighted by Crippen LogP contribution is 2.38. The molecule has 0 aromatic heterocycles. The Balaban J connectivity index is 1.89. The summed E-state index contributed by atoms with van der Waals surface area (Å²) in [5.41, 5.74) is 0.894. The predicted octanol–water partition coefficient (Wildman–Crippen LogP) is 1.33. The normalized spacial score (nSPS) is 13.6. The van der Waals surface area contributed by atoms with E-state index in [4.69, 9.17) is 14.2 Å². The lowest BCUT2D eigenvalue weighted by atomic mass is 10.1. The van der Waals surface area contributed by atoms with Crippen molar-refractivity contribution in [2.24, 2.45) is 5.92 Å². The fraction of sp³-hybridized carbons (Fsp3) is 0.562. The van der Waals surface area contributed by atoms with Crippen molar-refractivity contribution in [3.05, 3.63) is 17.7 Å². The van der Waals surface area contributed by atoms with Gasteiger partial charge in [-0.05, 0) is 43.0 Å². The second-order valence-electron chi connectivity index (χ2n) is 5.38. The minimum Gasteiger partial charge on any atom is -0.493 e. The molecule has 0 aliphatic heterocycles. The SMILES string of the molecule is COc1cc(CNC(=O)CNCC2CC2)cc(OC)c1OC. The first kappa shape index (κ1) is 16.4. The van der Waals surface area contributed by atoms with Crippen molar-refractivity contribution < 1.29 is 19.0 Å². The summed E-state index contributed by atoms with van der Waals surface area (Å²) in [6, 6.07) is 3.67. The van der Waals surface area contributed by atoms with Gasteiger partial charge in [0.15, 0.2) is 11.5 Å². The largest absolute Gasteiger partial charge is 0.493 e. The van der Waals surface area contributed by atoms with E-state index in [1.54, 1.807) is 21.3 Å². The third-order valence-corrected chi connectivity index (χ3v) is 3.63. The maximum absolute atomic E-state index is 11.8. The minimum atomic E-state index is -0.0191. The van der Waals surface area contributed by atoms with Crippen molar-refractivity contribution in [3.8, 4) is 17.2 Å². The second-order valence-corrected chi connectivity index (χ2v) is 5.38. The van der Waals surface area contributed by atoms with Crippen molar-refractivity contribution in [1.29, 1.82) is 0 Å². The van der Waals surface area contributed by atoms with Gasteiger partial charge in [-0.1, -0.05) is 0 Å². The van der Waals surface area contributed by atoms with Crippen LogP contribution in [0.5, 0.6) is 17.2 Å². The van der Waals surface area contributed by atoms with Crippen molar-refractivity contribution in [2.75, 3.05) is 34.4 Å². The Morgan fingerprint density at radius 2 is 1.77 bits per heavy atom. The van der Waals surface area contributed by atoms with Crippen LogP contribution in [0.2, 0.25) is 0 Å². The van der Waals surface area contributed by atoms with Crippen LogP contribution < -0.4 is 24.8 Å². The summed E-state index contributed by atoms with van der Waals surface area (Å²) in [5, 5.41) is 6.05. The summed E-state index contributed by atoms with van der Waals surface area (Å²) in [7, 11) is 4.70. The van der Waals surface area contributed by atoms with Crippen LogP contribution in [0.3, 0.4) is 0 Å². The van der Waals surface area contributed by atoms with Crippen LogP contribution in [0.1, 0.15) is 18.4 Å². The Kier molecular flexibility index (Phi) is 5.89. The zero-order valence-electron chi connectivity index (χ0n) is 13.4. The molecule has 1 aromatic carbocycles. The summed E-state index contributed by atoms with van der Waals surface area (Å²) < 4.78 is 15.9. The van der Waals surface area contributed by atoms with E-state index < -0.39 is 0 Å². The van der Waals surface area contributed by atoms with Gasteiger partial charge in [0.05, 0.1) is 27.9 Å². The summed E-state index contributed by atoms with van der Waals surface area (Å²) in [6.07, 6.45) is 2.56. The van der Waals surface area contributed by atoms with Gasteiger partial charge in [0.25, 0.3) is 0 Å². The van der Waals surface area contributed by atoms with Gasteiger partial charge in [-0.3, -0.25) is 4.79 Å². The quantitative estimate of drug-likeness (QED) is 0.720. The fourth-order valence-electron chi connectivity index (χ4n) is 2.21. The molecular formula is C16H24N2O4. The number of benzene rings is 1. The van der Waals surface area contributed by atoms with E-state index in [-0.39, 0.29) is 5.91 Å². The topological polar surface area (TPSA) is 68.8 Å². The molecule has 2 rings (SSSR count). The summed E-state index contributed by atoms with van der Waals surface area (Å²) in [4.78, 5) is 11.8. The first-order valence-electron chi connectivity index (χ1n) is 7.44. The zero-order chi connectivity index (χ0) is 15.9. The van der Waals surface area contributed by atoms with Gasteiger partial charge >= 0.3 is 0 Å². The molecule has 122 valence electrons. The molecule has 0 saturated heterocycles. The van der Waals surface area contributed by atoms with Crippen molar-refractivity contribution >= 4 is 5.91 Å². The number of hydrogen-bond acceptors (Lipinski definition) is 5. The standard InChI is InChI=1S/C16H24N2O4/c1-20-13-6-12(7-14(21-2)16(13)22-3)9-18-15(19)10-17-8-11-4-5-11/h6-7,11,17H,4-5,8-10H2,1-3H3,(H,18,19). The van der Waals surface area contributed by atoms with E-state index in [2.05, 4.69) is 10.6 Å². The van der Waals surface area contributed by atoms with E-state index in [0.717, 1.165) is 18.0 Å². The number of hydrogen-bond donors (Lipinski definition) is 2. The molecule has 1 amide bonds. The lowest BCUT2D eigenvalue weighted by Crippen LogP contribution is -2.34. The molecule has 1 aliphatic rings. The lowest BCUT2D eigenvalue weighted by molar-refractivity contribution is -0.120. The maximum atomic E-state index is 11.8. The van der Waals surface area contributed by atoms with Crippen LogP contribution in [0, 0.1) is 5.92 Å². The van der Waals surface area contributed by atoms with Crippen LogP contribution in [-0.4, -0.2) is 40.3 Å². The molecule has 0 bridgehead atoms. The Bertz CT molecular complexity index is 490. The molecule has 6 heteroatoms. The molecule has 0 heterocycles. The first-order valence-corrected chi connectivity index (χ1v) is 7.44. The van der Waals surface area contributed by atoms with Gasteiger partial charge in [0.2, 0.25) is 11.7 Å². The number of methoxy groups -OCH3 is 3. The summed E-state index contributed by atoms with van der Waals surface area (Å²) >= 11 is 0. The third-order valence-electron chi connectivity index (χ3n) is 3.63. The maximum Gasteiger partial charge on any atom is 0.234 e. The number of carbonyl (C=O) groups excluding carboxylic acids is 1. The van der Waals surface area contributed by atoms with Gasteiger partial charge in [0, 0.05) is 6.54 Å². The van der Waals surface area contributed by atoms with Crippen LogP contribution >= 0.6 is 0 Å². The average molecular weight is 308 g/mol. The molecular weight excluding hydrogens is 284 g/mol. The Labute approximate surface area is 131 Å². The third kappa shape index (κ3) is 4.53. The van der Waals surface area contributed by atoms with Crippen molar-refractivity contribution in [2.45, 2.75) is 19.4 Å². The van der Waals surface area contributed by atoms with Crippen molar-refractivity contribution in [1.82, 2.24) is 10.6 Å². The van der Waals surface area contributed by atoms with Crippen LogP contribution in [0.15, 0.2) is 12.1 Å². The van der Waals surface area contributed by atoms with E-state index in [1.165, 1.54) is 12.8 Å². The number of amides is 1. The van der Waals surface area contributed by atoms with Gasteiger partial charge in [0.1, 0.15) is 0 Å². The van der Waals surface area contributed by atoms with E-state index in [9.17, 15) is 4.79 Å². The fourth-order valence-corrected chi connectivity index (χ4v) is 2.21. The van der Waals surface area contributed by atoms with Crippen LogP contribution in [0.25, 0.3) is 0 Å². The molecule has 22 heavy (non-hydrogen) atoms. The molecule has 6 nitrogen and oxygen atoms in total. The second kappa shape index (κ2) is 7.89. The summed E-state index contributed by atoms with van der Waals surface area (Å²) in [6.45, 7) is 1.69. The lowest BCUT2D eigenvalue weighted by Gasteiger charge is -2.14.